The van der Waals surface area contributed by atoms with Gasteiger partial charge in [-0.2, -0.15) is 5.26 Å². The maximum Gasteiger partial charge on any atom is 0.155 e. The van der Waals surface area contributed by atoms with Crippen molar-refractivity contribution in [3.8, 4) is 6.07 Å². The molecule has 1 aliphatic rings. The van der Waals surface area contributed by atoms with Gasteiger partial charge in [0, 0.05) is 6.42 Å². The average Bonchev–Trinajstić information content (AvgIpc) is 2.09. The molecule has 0 N–H and O–H groups in total. The van der Waals surface area contributed by atoms with Crippen molar-refractivity contribution in [3.05, 3.63) is 12.2 Å². The Hall–Kier alpha value is -1.10. The molecule has 2 atom stereocenters. The zero-order chi connectivity index (χ0) is 10.1. The molecule has 2 nitrogen and oxygen atoms in total. The summed E-state index contributed by atoms with van der Waals surface area (Å²) in [5, 5.41) is 8.96. The van der Waals surface area contributed by atoms with Crippen molar-refractivity contribution in [2.75, 3.05) is 0 Å². The topological polar surface area (TPSA) is 40.9 Å². The fraction of sp³-hybridized carbons (Fsp3) is 0.636. The molecule has 0 saturated heterocycles. The van der Waals surface area contributed by atoms with Crippen molar-refractivity contribution in [1.29, 1.82) is 5.26 Å². The molecule has 0 aromatic carbocycles. The Morgan fingerprint density at radius 1 is 1.62 bits per heavy atom. The Labute approximate surface area is 79.2 Å². The van der Waals surface area contributed by atoms with Crippen LogP contribution < -0.4 is 0 Å². The van der Waals surface area contributed by atoms with Crippen molar-refractivity contribution < 1.29 is 4.79 Å². The third-order valence-corrected chi connectivity index (χ3v) is 2.86. The van der Waals surface area contributed by atoms with E-state index in [-0.39, 0.29) is 11.7 Å². The molecule has 0 heterocycles. The lowest BCUT2D eigenvalue weighted by atomic mass is 9.69. The molecular formula is C11H15NO. The largest absolute Gasteiger partial charge is 0.295 e. The second-order valence-corrected chi connectivity index (χ2v) is 4.33. The molecule has 0 amide bonds. The van der Waals surface area contributed by atoms with E-state index in [0.29, 0.717) is 12.3 Å². The van der Waals surface area contributed by atoms with Crippen molar-refractivity contribution in [2.45, 2.75) is 27.2 Å². The minimum Gasteiger partial charge on any atom is -0.295 e. The molecule has 0 aliphatic heterocycles. The summed E-state index contributed by atoms with van der Waals surface area (Å²) in [6, 6.07) is 2.28. The third-order valence-electron chi connectivity index (χ3n) is 2.86. The Balaban J connectivity index is 2.89. The molecule has 0 radical (unpaired) electrons. The number of allylic oxidation sites excluding steroid dienone is 2. The standard InChI is InChI=1S/C11H15NO/c1-8-4-5-9(13)6-10(8)11(2,3)7-12/h4-5,8,10H,6H2,1-3H3. The lowest BCUT2D eigenvalue weighted by Gasteiger charge is -2.33. The van der Waals surface area contributed by atoms with Crippen LogP contribution in [0.2, 0.25) is 0 Å². The fourth-order valence-electron chi connectivity index (χ4n) is 1.86. The summed E-state index contributed by atoms with van der Waals surface area (Å²) in [6.07, 6.45) is 4.06. The van der Waals surface area contributed by atoms with Gasteiger partial charge in [0.05, 0.1) is 11.5 Å². The molecule has 0 aromatic rings. The van der Waals surface area contributed by atoms with Crippen LogP contribution in [0, 0.1) is 28.6 Å². The number of nitrogens with zero attached hydrogens (tertiary/aromatic N) is 1. The molecule has 1 rings (SSSR count). The first kappa shape index (κ1) is 9.98. The van der Waals surface area contributed by atoms with Gasteiger partial charge in [-0.1, -0.05) is 13.0 Å². The van der Waals surface area contributed by atoms with Crippen molar-refractivity contribution in [3.63, 3.8) is 0 Å². The smallest absolute Gasteiger partial charge is 0.155 e. The van der Waals surface area contributed by atoms with E-state index in [1.54, 1.807) is 6.08 Å². The molecule has 0 aromatic heterocycles. The van der Waals surface area contributed by atoms with E-state index in [1.165, 1.54) is 0 Å². The minimum absolute atomic E-state index is 0.145. The van der Waals surface area contributed by atoms with E-state index < -0.39 is 5.41 Å². The Morgan fingerprint density at radius 3 is 2.77 bits per heavy atom. The Bertz CT molecular complexity index is 283. The second kappa shape index (κ2) is 3.33. The van der Waals surface area contributed by atoms with Gasteiger partial charge in [0.15, 0.2) is 5.78 Å². The Morgan fingerprint density at radius 2 is 2.23 bits per heavy atom. The minimum atomic E-state index is -0.403. The summed E-state index contributed by atoms with van der Waals surface area (Å²) in [6.45, 7) is 5.87. The van der Waals surface area contributed by atoms with Crippen LogP contribution in [0.4, 0.5) is 0 Å². The van der Waals surface area contributed by atoms with Crippen LogP contribution in [0.15, 0.2) is 12.2 Å². The van der Waals surface area contributed by atoms with Crippen LogP contribution in [0.5, 0.6) is 0 Å². The summed E-state index contributed by atoms with van der Waals surface area (Å²) >= 11 is 0. The van der Waals surface area contributed by atoms with E-state index in [9.17, 15) is 4.79 Å². The van der Waals surface area contributed by atoms with Gasteiger partial charge in [-0.25, -0.2) is 0 Å². The van der Waals surface area contributed by atoms with Gasteiger partial charge in [0.2, 0.25) is 0 Å². The normalized spacial score (nSPS) is 28.6. The molecule has 1 aliphatic carbocycles. The third kappa shape index (κ3) is 1.98. The number of carbonyl (C=O) groups is 1. The molecule has 0 bridgehead atoms. The van der Waals surface area contributed by atoms with Crippen LogP contribution in [0.1, 0.15) is 27.2 Å². The molecule has 0 spiro atoms. The Kier molecular flexibility index (Phi) is 2.56. The first-order valence-corrected chi connectivity index (χ1v) is 4.59. The first-order chi connectivity index (χ1) is 5.97. The summed E-state index contributed by atoms with van der Waals surface area (Å²) in [5.41, 5.74) is -0.403. The maximum absolute atomic E-state index is 11.2. The predicted octanol–water partition coefficient (Wildman–Crippen LogP) is 2.32. The van der Waals surface area contributed by atoms with Gasteiger partial charge in [-0.05, 0) is 31.8 Å². The molecule has 70 valence electrons. The number of rotatable bonds is 1. The average molecular weight is 177 g/mol. The van der Waals surface area contributed by atoms with Crippen LogP contribution in [-0.2, 0) is 4.79 Å². The molecule has 0 saturated carbocycles. The highest BCUT2D eigenvalue weighted by molar-refractivity contribution is 5.90. The zero-order valence-electron chi connectivity index (χ0n) is 8.37. The lowest BCUT2D eigenvalue weighted by molar-refractivity contribution is -0.117. The van der Waals surface area contributed by atoms with E-state index in [4.69, 9.17) is 5.26 Å². The highest BCUT2D eigenvalue weighted by atomic mass is 16.1. The summed E-state index contributed by atoms with van der Waals surface area (Å²) < 4.78 is 0. The summed E-state index contributed by atoms with van der Waals surface area (Å²) in [5.74, 6) is 0.633. The van der Waals surface area contributed by atoms with Crippen LogP contribution in [0.3, 0.4) is 0 Å². The molecule has 2 heteroatoms. The molecule has 0 fully saturated rings. The molecule has 2 unspecified atom stereocenters. The number of ketones is 1. The van der Waals surface area contributed by atoms with Crippen molar-refractivity contribution >= 4 is 5.78 Å². The zero-order valence-corrected chi connectivity index (χ0v) is 8.37. The highest BCUT2D eigenvalue weighted by Gasteiger charge is 2.35. The van der Waals surface area contributed by atoms with Crippen LogP contribution >= 0.6 is 0 Å². The summed E-state index contributed by atoms with van der Waals surface area (Å²) in [7, 11) is 0. The van der Waals surface area contributed by atoms with E-state index in [0.717, 1.165) is 0 Å². The van der Waals surface area contributed by atoms with Gasteiger partial charge in [-0.3, -0.25) is 4.79 Å². The SMILES string of the molecule is CC1C=CC(=O)CC1C(C)(C)C#N. The molecular weight excluding hydrogens is 162 g/mol. The van der Waals surface area contributed by atoms with Crippen LogP contribution in [0.25, 0.3) is 0 Å². The van der Waals surface area contributed by atoms with Crippen LogP contribution in [-0.4, -0.2) is 5.78 Å². The van der Waals surface area contributed by atoms with Gasteiger partial charge in [0.1, 0.15) is 0 Å². The fourth-order valence-corrected chi connectivity index (χ4v) is 1.86. The van der Waals surface area contributed by atoms with Crippen molar-refractivity contribution in [1.82, 2.24) is 0 Å². The van der Waals surface area contributed by atoms with Crippen molar-refractivity contribution in [2.24, 2.45) is 17.3 Å². The monoisotopic (exact) mass is 177 g/mol. The number of carbonyl (C=O) groups excluding carboxylic acids is 1. The first-order valence-electron chi connectivity index (χ1n) is 4.59. The number of nitriles is 1. The van der Waals surface area contributed by atoms with E-state index in [2.05, 4.69) is 13.0 Å². The van der Waals surface area contributed by atoms with Gasteiger partial charge in [-0.15, -0.1) is 0 Å². The predicted molar refractivity (Wildman–Crippen MR) is 50.8 cm³/mol. The summed E-state index contributed by atoms with van der Waals surface area (Å²) in [4.78, 5) is 11.2. The number of hydrogen-bond donors (Lipinski definition) is 0. The van der Waals surface area contributed by atoms with Gasteiger partial charge >= 0.3 is 0 Å². The van der Waals surface area contributed by atoms with Gasteiger partial charge in [0.25, 0.3) is 0 Å². The quantitative estimate of drug-likeness (QED) is 0.616. The van der Waals surface area contributed by atoms with E-state index >= 15 is 0 Å². The number of hydrogen-bond acceptors (Lipinski definition) is 2. The highest BCUT2D eigenvalue weighted by Crippen LogP contribution is 2.37. The maximum atomic E-state index is 11.2. The lowest BCUT2D eigenvalue weighted by Crippen LogP contribution is -2.31. The van der Waals surface area contributed by atoms with E-state index in [1.807, 2.05) is 19.9 Å². The molecule has 13 heavy (non-hydrogen) atoms. The van der Waals surface area contributed by atoms with Gasteiger partial charge < -0.3 is 0 Å². The second-order valence-electron chi connectivity index (χ2n) is 4.33.